The van der Waals surface area contributed by atoms with Crippen molar-refractivity contribution in [1.29, 1.82) is 0 Å². The van der Waals surface area contributed by atoms with Gasteiger partial charge in [0.2, 0.25) is 0 Å². The Kier molecular flexibility index (Phi) is 4.56. The highest BCUT2D eigenvalue weighted by molar-refractivity contribution is 5.64. The van der Waals surface area contributed by atoms with Crippen molar-refractivity contribution in [2.75, 3.05) is 6.61 Å². The van der Waals surface area contributed by atoms with Crippen LogP contribution in [0.25, 0.3) is 0 Å². The van der Waals surface area contributed by atoms with Crippen molar-refractivity contribution in [1.82, 2.24) is 5.32 Å². The van der Waals surface area contributed by atoms with Crippen molar-refractivity contribution in [3.05, 3.63) is 0 Å². The summed E-state index contributed by atoms with van der Waals surface area (Å²) >= 11 is 0. The van der Waals surface area contributed by atoms with Crippen LogP contribution < -0.4 is 11.2 Å². The third-order valence-electron chi connectivity index (χ3n) is 1.56. The second-order valence-corrected chi connectivity index (χ2v) is 2.55. The highest BCUT2D eigenvalue weighted by Gasteiger charge is 2.13. The van der Waals surface area contributed by atoms with Gasteiger partial charge in [-0.25, -0.2) is 10.7 Å². The van der Waals surface area contributed by atoms with Crippen molar-refractivity contribution < 1.29 is 14.7 Å². The standard InChI is InChI=1S/C6H14N2O3/c1-4(3-11-7)5(2)8-6(9)10/h4-5,8H,3,7H2,1-2H3,(H,9,10)/t4?,5-/m1/s1. The van der Waals surface area contributed by atoms with Gasteiger partial charge in [0.15, 0.2) is 0 Å². The molecule has 66 valence electrons. The highest BCUT2D eigenvalue weighted by Crippen LogP contribution is 2.01. The minimum absolute atomic E-state index is 0.0797. The molecule has 0 aromatic heterocycles. The fraction of sp³-hybridized carbons (Fsp3) is 0.833. The molecular formula is C6H14N2O3. The molecule has 0 aromatic rings. The molecule has 2 atom stereocenters. The molecule has 5 nitrogen and oxygen atoms in total. The summed E-state index contributed by atoms with van der Waals surface area (Å²) in [4.78, 5) is 14.5. The molecule has 4 N–H and O–H groups in total. The van der Waals surface area contributed by atoms with Crippen LogP contribution in [0.4, 0.5) is 4.79 Å². The van der Waals surface area contributed by atoms with E-state index in [2.05, 4.69) is 10.2 Å². The minimum Gasteiger partial charge on any atom is -0.465 e. The Hall–Kier alpha value is -0.810. The number of carbonyl (C=O) groups is 1. The van der Waals surface area contributed by atoms with Crippen molar-refractivity contribution in [3.63, 3.8) is 0 Å². The zero-order valence-electron chi connectivity index (χ0n) is 6.70. The van der Waals surface area contributed by atoms with Gasteiger partial charge in [-0.2, -0.15) is 0 Å². The van der Waals surface area contributed by atoms with Crippen LogP contribution in [0.1, 0.15) is 13.8 Å². The monoisotopic (exact) mass is 162 g/mol. The van der Waals surface area contributed by atoms with Crippen LogP contribution in [0, 0.1) is 5.92 Å². The molecule has 0 saturated heterocycles. The summed E-state index contributed by atoms with van der Waals surface area (Å²) in [5, 5.41) is 10.6. The second kappa shape index (κ2) is 4.92. The van der Waals surface area contributed by atoms with Gasteiger partial charge in [0.25, 0.3) is 0 Å². The summed E-state index contributed by atoms with van der Waals surface area (Å²) in [6, 6.07) is -0.143. The molecule has 5 heteroatoms. The third kappa shape index (κ3) is 4.58. The Balaban J connectivity index is 3.63. The largest absolute Gasteiger partial charge is 0.465 e. The number of hydrogen-bond acceptors (Lipinski definition) is 3. The van der Waals surface area contributed by atoms with Gasteiger partial charge in [-0.05, 0) is 6.92 Å². The lowest BCUT2D eigenvalue weighted by Gasteiger charge is -2.17. The molecule has 1 amide bonds. The Labute approximate surface area is 65.5 Å². The normalized spacial score (nSPS) is 15.5. The first-order chi connectivity index (χ1) is 5.07. The number of carboxylic acid groups (broad SMARTS) is 1. The first-order valence-corrected chi connectivity index (χ1v) is 3.39. The maximum Gasteiger partial charge on any atom is 0.404 e. The van der Waals surface area contributed by atoms with E-state index in [9.17, 15) is 4.79 Å². The number of rotatable bonds is 4. The lowest BCUT2D eigenvalue weighted by Crippen LogP contribution is -2.38. The van der Waals surface area contributed by atoms with Gasteiger partial charge < -0.3 is 15.3 Å². The molecule has 0 spiro atoms. The molecule has 1 unspecified atom stereocenters. The van der Waals surface area contributed by atoms with Gasteiger partial charge in [-0.3, -0.25) is 0 Å². The maximum atomic E-state index is 10.1. The van der Waals surface area contributed by atoms with E-state index in [1.807, 2.05) is 6.92 Å². The Bertz CT molecular complexity index is 129. The first kappa shape index (κ1) is 10.2. The van der Waals surface area contributed by atoms with E-state index in [1.165, 1.54) is 0 Å². The molecule has 0 aliphatic rings. The number of nitrogens with two attached hydrogens (primary N) is 1. The predicted octanol–water partition coefficient (Wildman–Crippen LogP) is 0.169. The van der Waals surface area contributed by atoms with Gasteiger partial charge in [0.1, 0.15) is 0 Å². The summed E-state index contributed by atoms with van der Waals surface area (Å²) in [5.41, 5.74) is 0. The Morgan fingerprint density at radius 1 is 1.73 bits per heavy atom. The van der Waals surface area contributed by atoms with Gasteiger partial charge in [-0.1, -0.05) is 6.92 Å². The quantitative estimate of drug-likeness (QED) is 0.514. The fourth-order valence-corrected chi connectivity index (χ4v) is 0.633. The van der Waals surface area contributed by atoms with E-state index in [-0.39, 0.29) is 12.0 Å². The van der Waals surface area contributed by atoms with Crippen molar-refractivity contribution >= 4 is 6.09 Å². The van der Waals surface area contributed by atoms with Gasteiger partial charge in [-0.15, -0.1) is 0 Å². The predicted molar refractivity (Wildman–Crippen MR) is 39.9 cm³/mol. The zero-order chi connectivity index (χ0) is 8.85. The van der Waals surface area contributed by atoms with E-state index in [0.29, 0.717) is 6.61 Å². The van der Waals surface area contributed by atoms with E-state index in [1.54, 1.807) is 6.92 Å². The van der Waals surface area contributed by atoms with Crippen LogP contribution in [-0.4, -0.2) is 23.8 Å². The number of nitrogens with one attached hydrogen (secondary N) is 1. The van der Waals surface area contributed by atoms with Crippen LogP contribution in [0.5, 0.6) is 0 Å². The molecule has 0 fully saturated rings. The highest BCUT2D eigenvalue weighted by atomic mass is 16.6. The van der Waals surface area contributed by atoms with Crippen molar-refractivity contribution in [2.45, 2.75) is 19.9 Å². The molecule has 0 aliphatic heterocycles. The van der Waals surface area contributed by atoms with Crippen LogP contribution in [0.2, 0.25) is 0 Å². The molecule has 0 aromatic carbocycles. The smallest absolute Gasteiger partial charge is 0.404 e. The lowest BCUT2D eigenvalue weighted by atomic mass is 10.1. The molecule has 0 aliphatic carbocycles. The molecule has 0 rings (SSSR count). The average molecular weight is 162 g/mol. The average Bonchev–Trinajstić information content (AvgIpc) is 1.86. The molecular weight excluding hydrogens is 148 g/mol. The van der Waals surface area contributed by atoms with Gasteiger partial charge >= 0.3 is 6.09 Å². The summed E-state index contributed by atoms with van der Waals surface area (Å²) in [6.07, 6.45) is -1.03. The summed E-state index contributed by atoms with van der Waals surface area (Å²) < 4.78 is 0. The summed E-state index contributed by atoms with van der Waals surface area (Å²) in [5.74, 6) is 4.90. The third-order valence-corrected chi connectivity index (χ3v) is 1.56. The Morgan fingerprint density at radius 3 is 2.64 bits per heavy atom. The van der Waals surface area contributed by atoms with Crippen LogP contribution in [0.15, 0.2) is 0 Å². The number of hydrogen-bond donors (Lipinski definition) is 3. The maximum absolute atomic E-state index is 10.1. The summed E-state index contributed by atoms with van der Waals surface area (Å²) in [6.45, 7) is 3.96. The van der Waals surface area contributed by atoms with E-state index < -0.39 is 6.09 Å². The van der Waals surface area contributed by atoms with E-state index >= 15 is 0 Å². The topological polar surface area (TPSA) is 84.6 Å². The van der Waals surface area contributed by atoms with Crippen LogP contribution in [0.3, 0.4) is 0 Å². The summed E-state index contributed by atoms with van der Waals surface area (Å²) in [7, 11) is 0. The molecule has 0 saturated carbocycles. The SMILES string of the molecule is CC(CON)[C@@H](C)NC(=O)O. The minimum atomic E-state index is -1.03. The van der Waals surface area contributed by atoms with E-state index in [0.717, 1.165) is 0 Å². The van der Waals surface area contributed by atoms with Crippen molar-refractivity contribution in [3.8, 4) is 0 Å². The van der Waals surface area contributed by atoms with Crippen LogP contribution >= 0.6 is 0 Å². The molecule has 11 heavy (non-hydrogen) atoms. The number of amides is 1. The Morgan fingerprint density at radius 2 is 2.27 bits per heavy atom. The van der Waals surface area contributed by atoms with E-state index in [4.69, 9.17) is 11.0 Å². The first-order valence-electron chi connectivity index (χ1n) is 3.39. The van der Waals surface area contributed by atoms with Crippen molar-refractivity contribution in [2.24, 2.45) is 11.8 Å². The fourth-order valence-electron chi connectivity index (χ4n) is 0.633. The molecule has 0 radical (unpaired) electrons. The second-order valence-electron chi connectivity index (χ2n) is 2.55. The molecule has 0 heterocycles. The molecule has 0 bridgehead atoms. The zero-order valence-corrected chi connectivity index (χ0v) is 6.70. The van der Waals surface area contributed by atoms with Gasteiger partial charge in [0, 0.05) is 12.0 Å². The van der Waals surface area contributed by atoms with Crippen LogP contribution in [-0.2, 0) is 4.84 Å². The lowest BCUT2D eigenvalue weighted by molar-refractivity contribution is 0.0940. The van der Waals surface area contributed by atoms with Gasteiger partial charge in [0.05, 0.1) is 6.61 Å².